The first-order valence-electron chi connectivity index (χ1n) is 24.7. The van der Waals surface area contributed by atoms with Crippen LogP contribution in [-0.4, -0.2) is 29.9 Å². The van der Waals surface area contributed by atoms with Crippen molar-refractivity contribution in [2.45, 2.75) is 5.41 Å². The average Bonchev–Trinajstić information content (AvgIpc) is 4.00. The average molecular weight is 929 g/mol. The lowest BCUT2D eigenvalue weighted by Gasteiger charge is -2.32. The van der Waals surface area contributed by atoms with Gasteiger partial charge >= 0.3 is 0 Å². The van der Waals surface area contributed by atoms with Gasteiger partial charge in [0.05, 0.1) is 5.41 Å². The van der Waals surface area contributed by atoms with Crippen molar-refractivity contribution in [2.75, 3.05) is 0 Å². The van der Waals surface area contributed by atoms with E-state index in [1.165, 1.54) is 65.7 Å². The highest BCUT2D eigenvalue weighted by molar-refractivity contribution is 6.26. The van der Waals surface area contributed by atoms with Crippen molar-refractivity contribution in [3.8, 4) is 90.6 Å². The molecular formula is C67H40N6. The maximum Gasteiger partial charge on any atom is 0.164 e. The Balaban J connectivity index is 1.06. The van der Waals surface area contributed by atoms with E-state index in [9.17, 15) is 0 Å². The summed E-state index contributed by atoms with van der Waals surface area (Å²) in [6.45, 7) is 0. The van der Waals surface area contributed by atoms with Crippen molar-refractivity contribution in [1.29, 1.82) is 0 Å². The summed E-state index contributed by atoms with van der Waals surface area (Å²) in [6, 6.07) is 86.0. The van der Waals surface area contributed by atoms with E-state index >= 15 is 0 Å². The van der Waals surface area contributed by atoms with Gasteiger partial charge in [-0.1, -0.05) is 231 Å². The highest BCUT2D eigenvalue weighted by atomic mass is 15.0. The van der Waals surface area contributed by atoms with Crippen LogP contribution in [-0.2, 0) is 5.41 Å². The minimum absolute atomic E-state index is 0.606. The van der Waals surface area contributed by atoms with Crippen LogP contribution in [0.15, 0.2) is 243 Å². The third-order valence-corrected chi connectivity index (χ3v) is 14.9. The standard InChI is InChI=1S/C67H40N6/c1-5-20-42(21-6-1)61-68-62(43-22-7-2-8-23-43)71-65(70-61)46-34-36-50-51-37-35-47(66-72-63(44-24-9-3-10-25-44)69-64(73-66)45-26-11-4-12-27-45)40-57(51)67(56(50)39-46)55-32-18-17-31-54(55)59-52-30-16-15-29-49(52)53-38-33-41-19-13-14-28-48(41)58(53)60(59)67/h1-40H. The van der Waals surface area contributed by atoms with Crippen LogP contribution in [0, 0.1) is 0 Å². The molecule has 15 rings (SSSR count). The Labute approximate surface area is 421 Å². The van der Waals surface area contributed by atoms with Crippen LogP contribution in [0.4, 0.5) is 0 Å². The molecule has 0 aliphatic heterocycles. The highest BCUT2D eigenvalue weighted by Crippen LogP contribution is 2.66. The molecule has 0 bridgehead atoms. The van der Waals surface area contributed by atoms with E-state index in [-0.39, 0.29) is 0 Å². The van der Waals surface area contributed by atoms with Crippen molar-refractivity contribution in [1.82, 2.24) is 29.9 Å². The van der Waals surface area contributed by atoms with Gasteiger partial charge in [0.25, 0.3) is 0 Å². The number of nitrogens with zero attached hydrogens (tertiary/aromatic N) is 6. The molecule has 0 saturated carbocycles. The molecule has 0 atom stereocenters. The molecule has 0 radical (unpaired) electrons. The maximum absolute atomic E-state index is 5.28. The molecule has 6 nitrogen and oxygen atoms in total. The number of aromatic nitrogens is 6. The summed E-state index contributed by atoms with van der Waals surface area (Å²) in [5, 5.41) is 7.33. The summed E-state index contributed by atoms with van der Waals surface area (Å²) in [6.07, 6.45) is 0. The monoisotopic (exact) mass is 928 g/mol. The Kier molecular flexibility index (Phi) is 9.07. The fraction of sp³-hybridized carbons (Fsp3) is 0.0149. The van der Waals surface area contributed by atoms with Crippen molar-refractivity contribution < 1.29 is 0 Å². The number of hydrogen-bond acceptors (Lipinski definition) is 6. The number of fused-ring (bicyclic) bond motifs is 17. The molecule has 0 N–H and O–H groups in total. The molecule has 6 heteroatoms. The van der Waals surface area contributed by atoms with Crippen molar-refractivity contribution >= 4 is 32.3 Å². The molecule has 13 aromatic rings. The predicted octanol–water partition coefficient (Wildman–Crippen LogP) is 15.9. The van der Waals surface area contributed by atoms with Crippen LogP contribution in [0.25, 0.3) is 123 Å². The molecule has 0 unspecified atom stereocenters. The van der Waals surface area contributed by atoms with Gasteiger partial charge in [-0.2, -0.15) is 0 Å². The van der Waals surface area contributed by atoms with Gasteiger partial charge in [-0.25, -0.2) is 29.9 Å². The lowest BCUT2D eigenvalue weighted by molar-refractivity contribution is 0.802. The van der Waals surface area contributed by atoms with Gasteiger partial charge in [-0.05, 0) is 89.0 Å². The van der Waals surface area contributed by atoms with Crippen LogP contribution in [0.5, 0.6) is 0 Å². The zero-order valence-electron chi connectivity index (χ0n) is 39.3. The van der Waals surface area contributed by atoms with Gasteiger partial charge in [0.1, 0.15) is 0 Å². The minimum atomic E-state index is -0.815. The molecule has 0 saturated heterocycles. The second-order valence-corrected chi connectivity index (χ2v) is 18.9. The minimum Gasteiger partial charge on any atom is -0.208 e. The number of benzene rings is 11. The molecule has 2 heterocycles. The van der Waals surface area contributed by atoms with Crippen LogP contribution in [0.3, 0.4) is 0 Å². The Morgan fingerprint density at radius 1 is 0.247 bits per heavy atom. The number of rotatable bonds is 6. The van der Waals surface area contributed by atoms with E-state index in [1.54, 1.807) is 0 Å². The molecule has 2 aromatic heterocycles. The Hall–Kier alpha value is -9.78. The molecular weight excluding hydrogens is 889 g/mol. The van der Waals surface area contributed by atoms with Crippen molar-refractivity contribution in [3.63, 3.8) is 0 Å². The largest absolute Gasteiger partial charge is 0.208 e. The lowest BCUT2D eigenvalue weighted by atomic mass is 9.68. The first-order valence-corrected chi connectivity index (χ1v) is 24.7. The van der Waals surface area contributed by atoms with Gasteiger partial charge in [0.15, 0.2) is 34.9 Å². The van der Waals surface area contributed by atoms with Gasteiger partial charge in [-0.3, -0.25) is 0 Å². The van der Waals surface area contributed by atoms with Gasteiger partial charge in [0, 0.05) is 33.4 Å². The Morgan fingerprint density at radius 3 is 1.14 bits per heavy atom. The molecule has 338 valence electrons. The molecule has 1 spiro atoms. The second kappa shape index (κ2) is 16.1. The van der Waals surface area contributed by atoms with E-state index < -0.39 is 5.41 Å². The van der Waals surface area contributed by atoms with E-state index in [2.05, 4.69) is 170 Å². The van der Waals surface area contributed by atoms with Crippen LogP contribution < -0.4 is 0 Å². The molecule has 2 aliphatic carbocycles. The van der Waals surface area contributed by atoms with Gasteiger partial charge < -0.3 is 0 Å². The van der Waals surface area contributed by atoms with E-state index in [4.69, 9.17) is 29.9 Å². The van der Waals surface area contributed by atoms with Crippen LogP contribution >= 0.6 is 0 Å². The van der Waals surface area contributed by atoms with E-state index in [0.29, 0.717) is 34.9 Å². The summed E-state index contributed by atoms with van der Waals surface area (Å²) in [4.78, 5) is 31.3. The smallest absolute Gasteiger partial charge is 0.164 e. The van der Waals surface area contributed by atoms with Crippen molar-refractivity contribution in [3.05, 3.63) is 265 Å². The maximum atomic E-state index is 5.28. The summed E-state index contributed by atoms with van der Waals surface area (Å²) in [5.41, 5.74) is 14.3. The molecule has 0 fully saturated rings. The Morgan fingerprint density at radius 2 is 0.644 bits per heavy atom. The third kappa shape index (κ3) is 6.24. The second-order valence-electron chi connectivity index (χ2n) is 18.9. The first kappa shape index (κ1) is 41.0. The predicted molar refractivity (Wildman–Crippen MR) is 295 cm³/mol. The van der Waals surface area contributed by atoms with Gasteiger partial charge in [-0.15, -0.1) is 0 Å². The molecule has 0 amide bonds. The summed E-state index contributed by atoms with van der Waals surface area (Å²) >= 11 is 0. The third-order valence-electron chi connectivity index (χ3n) is 14.9. The molecule has 73 heavy (non-hydrogen) atoms. The normalized spacial score (nSPS) is 12.8. The van der Waals surface area contributed by atoms with Crippen molar-refractivity contribution in [2.24, 2.45) is 0 Å². The van der Waals surface area contributed by atoms with E-state index in [1.807, 2.05) is 72.8 Å². The fourth-order valence-electron chi connectivity index (χ4n) is 11.8. The van der Waals surface area contributed by atoms with Gasteiger partial charge in [0.2, 0.25) is 0 Å². The van der Waals surface area contributed by atoms with Crippen LogP contribution in [0.1, 0.15) is 22.3 Å². The Bertz CT molecular complexity index is 4080. The molecule has 11 aromatic carbocycles. The summed E-state index contributed by atoms with van der Waals surface area (Å²) in [7, 11) is 0. The number of hydrogen-bond donors (Lipinski definition) is 0. The molecule has 2 aliphatic rings. The first-order chi connectivity index (χ1) is 36.2. The summed E-state index contributed by atoms with van der Waals surface area (Å²) in [5.74, 6) is 3.69. The lowest BCUT2D eigenvalue weighted by Crippen LogP contribution is -2.26. The highest BCUT2D eigenvalue weighted by Gasteiger charge is 2.53. The van der Waals surface area contributed by atoms with E-state index in [0.717, 1.165) is 44.5 Å². The van der Waals surface area contributed by atoms with Crippen LogP contribution in [0.2, 0.25) is 0 Å². The zero-order chi connectivity index (χ0) is 48.0. The quantitative estimate of drug-likeness (QED) is 0.155. The fourth-order valence-corrected chi connectivity index (χ4v) is 11.8. The zero-order valence-corrected chi connectivity index (χ0v) is 39.3. The SMILES string of the molecule is c1ccc(-c2nc(-c3ccccc3)nc(-c3ccc4c(c3)C3(c5cc(-c6nc(-c7ccccc7)nc(-c7ccccc7)n6)ccc5-4)c4ccccc4-c4c3c3c5ccccc5ccc3c3ccccc43)n2)cc1. The topological polar surface area (TPSA) is 77.3 Å². The summed E-state index contributed by atoms with van der Waals surface area (Å²) < 4.78 is 0.